The molecule has 0 saturated heterocycles. The molecule has 0 bridgehead atoms. The lowest BCUT2D eigenvalue weighted by molar-refractivity contribution is -0.137. The summed E-state index contributed by atoms with van der Waals surface area (Å²) in [6.45, 7) is 0.0673. The lowest BCUT2D eigenvalue weighted by Crippen LogP contribution is -2.24. The summed E-state index contributed by atoms with van der Waals surface area (Å²) in [5, 5.41) is 2.46. The van der Waals surface area contributed by atoms with E-state index in [0.717, 1.165) is 11.8 Å². The number of ether oxygens (including phenoxy) is 1. The molecule has 1 unspecified atom stereocenters. The smallest absolute Gasteiger partial charge is 0.384 e. The van der Waals surface area contributed by atoms with E-state index in [4.69, 9.17) is 9.29 Å². The molecule has 1 aromatic carbocycles. The number of carbonyl (C=O) groups is 2. The lowest BCUT2D eigenvalue weighted by atomic mass is 10.2. The number of benzene rings is 1. The Morgan fingerprint density at radius 2 is 1.96 bits per heavy atom. The van der Waals surface area contributed by atoms with Crippen molar-refractivity contribution in [2.45, 2.75) is 11.5 Å². The van der Waals surface area contributed by atoms with Crippen molar-refractivity contribution in [1.82, 2.24) is 10.3 Å². The second-order valence-electron chi connectivity index (χ2n) is 4.67. The van der Waals surface area contributed by atoms with Crippen LogP contribution in [-0.2, 0) is 27.2 Å². The number of rotatable bonds is 5. The fourth-order valence-electron chi connectivity index (χ4n) is 1.71. The molecule has 0 radical (unpaired) electrons. The first-order valence-corrected chi connectivity index (χ1v) is 8.21. The normalized spacial score (nSPS) is 10.9. The van der Waals surface area contributed by atoms with Gasteiger partial charge in [0.1, 0.15) is 12.3 Å². The van der Waals surface area contributed by atoms with Crippen molar-refractivity contribution in [2.24, 2.45) is 0 Å². The van der Waals surface area contributed by atoms with Crippen molar-refractivity contribution in [2.75, 3.05) is 6.54 Å². The van der Waals surface area contributed by atoms with Crippen LogP contribution >= 0.6 is 0 Å². The number of hydrogen-bond donors (Lipinski definition) is 2. The third-order valence-corrected chi connectivity index (χ3v) is 3.56. The maximum absolute atomic E-state index is 11.8. The molecule has 1 aromatic heterocycles. The van der Waals surface area contributed by atoms with Gasteiger partial charge >= 0.3 is 5.97 Å². The molecule has 8 heteroatoms. The van der Waals surface area contributed by atoms with Crippen molar-refractivity contribution in [1.29, 1.82) is 0 Å². The Hall–Kier alpha value is -3.02. The molecule has 0 fully saturated rings. The Morgan fingerprint density at radius 1 is 1.20 bits per heavy atom. The molecule has 7 nitrogen and oxygen atoms in total. The molecule has 1 heterocycles. The summed E-state index contributed by atoms with van der Waals surface area (Å²) >= 11 is -2.15. The van der Waals surface area contributed by atoms with E-state index in [9.17, 15) is 13.8 Å². The summed E-state index contributed by atoms with van der Waals surface area (Å²) in [6.07, 6.45) is 1.14. The predicted molar refractivity (Wildman–Crippen MR) is 89.6 cm³/mol. The van der Waals surface area contributed by atoms with Crippen molar-refractivity contribution < 1.29 is 23.1 Å². The summed E-state index contributed by atoms with van der Waals surface area (Å²) in [7, 11) is 0. The fraction of sp³-hybridized carbons (Fsp3) is 0.118. The van der Waals surface area contributed by atoms with Crippen LogP contribution < -0.4 is 5.32 Å². The van der Waals surface area contributed by atoms with Gasteiger partial charge in [0, 0.05) is 12.1 Å². The molecule has 128 valence electrons. The van der Waals surface area contributed by atoms with Gasteiger partial charge in [0.05, 0.1) is 11.4 Å². The molecular weight excluding hydrogens is 344 g/mol. The molecular formula is C17H14N2O5S. The predicted octanol–water partition coefficient (Wildman–Crippen LogP) is 1.14. The summed E-state index contributed by atoms with van der Waals surface area (Å²) in [6, 6.07) is 11.8. The zero-order chi connectivity index (χ0) is 18.1. The van der Waals surface area contributed by atoms with E-state index in [-0.39, 0.29) is 23.7 Å². The van der Waals surface area contributed by atoms with Gasteiger partial charge in [-0.25, -0.2) is 14.0 Å². The van der Waals surface area contributed by atoms with Crippen molar-refractivity contribution >= 4 is 23.0 Å². The minimum absolute atomic E-state index is 0.0609. The molecule has 1 atom stereocenters. The first kappa shape index (κ1) is 18.3. The van der Waals surface area contributed by atoms with E-state index in [2.05, 4.69) is 22.1 Å². The van der Waals surface area contributed by atoms with Crippen LogP contribution in [0, 0.1) is 11.8 Å². The van der Waals surface area contributed by atoms with Gasteiger partial charge in [-0.3, -0.25) is 4.79 Å². The Morgan fingerprint density at radius 3 is 2.60 bits per heavy atom. The van der Waals surface area contributed by atoms with E-state index in [1.807, 2.05) is 30.3 Å². The van der Waals surface area contributed by atoms with Crippen LogP contribution in [0.4, 0.5) is 0 Å². The molecule has 0 saturated carbocycles. The van der Waals surface area contributed by atoms with E-state index < -0.39 is 23.0 Å². The standard InChI is InChI=1S/C17H14N2O5S/c20-16(24-12-13-5-2-1-3-6-13)7-4-10-18-17(21)15-9-8-14(11-19-15)25(22)23/h1-3,5-6,8-9,11H,10,12H2,(H,18,21)(H,22,23). The summed E-state index contributed by atoms with van der Waals surface area (Å²) < 4.78 is 24.6. The Kier molecular flexibility index (Phi) is 6.83. The molecule has 0 aliphatic rings. The van der Waals surface area contributed by atoms with Crippen LogP contribution in [0.15, 0.2) is 53.6 Å². The molecule has 25 heavy (non-hydrogen) atoms. The van der Waals surface area contributed by atoms with Gasteiger partial charge in [-0.15, -0.1) is 0 Å². The second-order valence-corrected chi connectivity index (χ2v) is 5.64. The van der Waals surface area contributed by atoms with Crippen LogP contribution in [0.3, 0.4) is 0 Å². The minimum atomic E-state index is -2.15. The Balaban J connectivity index is 1.76. The minimum Gasteiger partial charge on any atom is -0.451 e. The molecule has 0 aliphatic heterocycles. The first-order valence-electron chi connectivity index (χ1n) is 7.11. The number of nitrogens with zero attached hydrogens (tertiary/aromatic N) is 1. The summed E-state index contributed by atoms with van der Waals surface area (Å²) in [5.41, 5.74) is 0.923. The maximum atomic E-state index is 11.8. The van der Waals surface area contributed by atoms with Gasteiger partial charge < -0.3 is 14.6 Å². The number of pyridine rings is 1. The largest absolute Gasteiger partial charge is 0.451 e. The van der Waals surface area contributed by atoms with Gasteiger partial charge in [0.25, 0.3) is 5.91 Å². The SMILES string of the molecule is O=C(C#CCNC(=O)c1ccc(S(=O)O)cn1)OCc1ccccc1. The van der Waals surface area contributed by atoms with E-state index in [1.54, 1.807) is 0 Å². The molecule has 2 N–H and O–H groups in total. The molecule has 2 rings (SSSR count). The fourth-order valence-corrected chi connectivity index (χ4v) is 2.04. The number of hydrogen-bond acceptors (Lipinski definition) is 5. The number of carbonyl (C=O) groups excluding carboxylic acids is 2. The van der Waals surface area contributed by atoms with Crippen molar-refractivity contribution in [3.8, 4) is 11.8 Å². The highest BCUT2D eigenvalue weighted by atomic mass is 32.2. The van der Waals surface area contributed by atoms with Gasteiger partial charge in [0.15, 0.2) is 11.1 Å². The average Bonchev–Trinajstić information content (AvgIpc) is 2.64. The number of nitrogens with one attached hydrogen (secondary N) is 1. The van der Waals surface area contributed by atoms with E-state index >= 15 is 0 Å². The zero-order valence-electron chi connectivity index (χ0n) is 13.0. The monoisotopic (exact) mass is 358 g/mol. The van der Waals surface area contributed by atoms with Gasteiger partial charge in [-0.1, -0.05) is 36.3 Å². The lowest BCUT2D eigenvalue weighted by Gasteiger charge is -2.01. The number of amides is 1. The molecule has 0 aliphatic carbocycles. The number of esters is 1. The van der Waals surface area contributed by atoms with Crippen molar-refractivity contribution in [3.63, 3.8) is 0 Å². The quantitative estimate of drug-likeness (QED) is 0.359. The van der Waals surface area contributed by atoms with Crippen molar-refractivity contribution in [3.05, 3.63) is 59.9 Å². The Labute approximate surface area is 146 Å². The first-order chi connectivity index (χ1) is 12.1. The zero-order valence-corrected chi connectivity index (χ0v) is 13.8. The third kappa shape index (κ3) is 6.18. The van der Waals surface area contributed by atoms with Crippen LogP contribution in [0.5, 0.6) is 0 Å². The second kappa shape index (κ2) is 9.32. The van der Waals surface area contributed by atoms with Crippen LogP contribution in [0.2, 0.25) is 0 Å². The van der Waals surface area contributed by atoms with Gasteiger partial charge in [-0.2, -0.15) is 0 Å². The number of aromatic nitrogens is 1. The topological polar surface area (TPSA) is 106 Å². The van der Waals surface area contributed by atoms with E-state index in [1.165, 1.54) is 12.1 Å². The molecule has 2 aromatic rings. The third-order valence-electron chi connectivity index (χ3n) is 2.91. The molecule has 1 amide bonds. The van der Waals surface area contributed by atoms with Gasteiger partial charge in [0.2, 0.25) is 0 Å². The van der Waals surface area contributed by atoms with E-state index in [0.29, 0.717) is 0 Å². The highest BCUT2D eigenvalue weighted by Crippen LogP contribution is 2.03. The van der Waals surface area contributed by atoms with Crippen LogP contribution in [0.25, 0.3) is 0 Å². The summed E-state index contributed by atoms with van der Waals surface area (Å²) in [5.74, 6) is 3.54. The average molecular weight is 358 g/mol. The van der Waals surface area contributed by atoms with Crippen LogP contribution in [-0.4, -0.2) is 32.2 Å². The molecule has 0 spiro atoms. The maximum Gasteiger partial charge on any atom is 0.384 e. The highest BCUT2D eigenvalue weighted by molar-refractivity contribution is 7.79. The van der Waals surface area contributed by atoms with Crippen LogP contribution in [0.1, 0.15) is 16.1 Å². The summed E-state index contributed by atoms with van der Waals surface area (Å²) in [4.78, 5) is 27.1. The Bertz CT molecular complexity index is 826. The van der Waals surface area contributed by atoms with Gasteiger partial charge in [-0.05, 0) is 17.7 Å². The highest BCUT2D eigenvalue weighted by Gasteiger charge is 2.07.